The molecule has 1 aliphatic rings. The van der Waals surface area contributed by atoms with Crippen molar-refractivity contribution in [3.8, 4) is 16.8 Å². The summed E-state index contributed by atoms with van der Waals surface area (Å²) in [6.45, 7) is 0. The molecule has 0 bridgehead atoms. The van der Waals surface area contributed by atoms with Crippen LogP contribution in [0.2, 0.25) is 0 Å². The number of benzene rings is 8. The maximum absolute atomic E-state index is 6.83. The third kappa shape index (κ3) is 4.91. The summed E-state index contributed by atoms with van der Waals surface area (Å²) in [5.41, 5.74) is 11.7. The number of rotatable bonds is 5. The Labute approximate surface area is 333 Å². The van der Waals surface area contributed by atoms with Crippen LogP contribution in [0.4, 0.5) is 0 Å². The average molecular weight is 747 g/mol. The van der Waals surface area contributed by atoms with Crippen LogP contribution in [-0.4, -0.2) is 28.2 Å². The zero-order valence-corrected chi connectivity index (χ0v) is 31.5. The van der Waals surface area contributed by atoms with Crippen LogP contribution < -0.4 is 0 Å². The first kappa shape index (κ1) is 32.5. The number of aliphatic imine (C=N–C) groups is 2. The molecule has 58 heavy (non-hydrogen) atoms. The Bertz CT molecular complexity index is 3430. The van der Waals surface area contributed by atoms with Crippen molar-refractivity contribution in [3.05, 3.63) is 199 Å². The van der Waals surface area contributed by atoms with Gasteiger partial charge in [-0.2, -0.15) is 0 Å². The van der Waals surface area contributed by atoms with E-state index in [1.54, 1.807) is 0 Å². The highest BCUT2D eigenvalue weighted by atomic mass is 16.3. The molecule has 12 rings (SSSR count). The smallest absolute Gasteiger partial charge is 0.159 e. The highest BCUT2D eigenvalue weighted by Gasteiger charge is 2.27. The van der Waals surface area contributed by atoms with E-state index in [1.807, 2.05) is 24.3 Å². The van der Waals surface area contributed by atoms with Gasteiger partial charge >= 0.3 is 0 Å². The van der Waals surface area contributed by atoms with Crippen molar-refractivity contribution in [1.82, 2.24) is 9.47 Å². The fraction of sp³-hybridized carbons (Fsp3) is 0.0385. The molecule has 0 amide bonds. The largest absolute Gasteiger partial charge is 0.455 e. The van der Waals surface area contributed by atoms with Gasteiger partial charge in [0, 0.05) is 67.3 Å². The van der Waals surface area contributed by atoms with Crippen LogP contribution in [0, 0.1) is 0 Å². The second-order valence-corrected chi connectivity index (χ2v) is 15.0. The van der Waals surface area contributed by atoms with E-state index in [4.69, 9.17) is 18.8 Å². The Balaban J connectivity index is 0.986. The molecule has 0 saturated carbocycles. The minimum atomic E-state index is -0.232. The third-order valence-corrected chi connectivity index (χ3v) is 11.7. The van der Waals surface area contributed by atoms with Gasteiger partial charge in [0.2, 0.25) is 0 Å². The van der Waals surface area contributed by atoms with Crippen molar-refractivity contribution < 1.29 is 8.83 Å². The maximum Gasteiger partial charge on any atom is 0.159 e. The molecule has 274 valence electrons. The van der Waals surface area contributed by atoms with Gasteiger partial charge in [-0.3, -0.25) is 0 Å². The van der Waals surface area contributed by atoms with Gasteiger partial charge in [-0.1, -0.05) is 140 Å². The van der Waals surface area contributed by atoms with E-state index in [0.717, 1.165) is 83.2 Å². The summed E-state index contributed by atoms with van der Waals surface area (Å²) < 4.78 is 15.9. The first-order valence-electron chi connectivity index (χ1n) is 19.6. The number of nitrogens with zero attached hydrogens (tertiary/aromatic N) is 4. The summed E-state index contributed by atoms with van der Waals surface area (Å²) in [7, 11) is 2.06. The van der Waals surface area contributed by atoms with E-state index >= 15 is 0 Å². The molecule has 6 heteroatoms. The van der Waals surface area contributed by atoms with E-state index < -0.39 is 0 Å². The maximum atomic E-state index is 6.83. The zero-order valence-electron chi connectivity index (χ0n) is 31.5. The van der Waals surface area contributed by atoms with Crippen molar-refractivity contribution in [2.24, 2.45) is 9.98 Å². The van der Waals surface area contributed by atoms with E-state index in [9.17, 15) is 0 Å². The molecule has 11 aromatic rings. The van der Waals surface area contributed by atoms with Crippen molar-refractivity contribution in [1.29, 1.82) is 0 Å². The van der Waals surface area contributed by atoms with Crippen molar-refractivity contribution in [2.75, 3.05) is 7.05 Å². The first-order valence-corrected chi connectivity index (χ1v) is 19.6. The molecule has 0 saturated heterocycles. The number of furan rings is 2. The lowest BCUT2D eigenvalue weighted by atomic mass is 9.99. The topological polar surface area (TPSA) is 59.2 Å². The Morgan fingerprint density at radius 2 is 1.07 bits per heavy atom. The second-order valence-electron chi connectivity index (χ2n) is 15.0. The Hall–Kier alpha value is -7.70. The van der Waals surface area contributed by atoms with Crippen LogP contribution in [0.5, 0.6) is 0 Å². The molecular weight excluding hydrogens is 713 g/mol. The Morgan fingerprint density at radius 1 is 0.466 bits per heavy atom. The fourth-order valence-electron chi connectivity index (χ4n) is 8.93. The Morgan fingerprint density at radius 3 is 1.78 bits per heavy atom. The van der Waals surface area contributed by atoms with Gasteiger partial charge in [0.15, 0.2) is 5.84 Å². The van der Waals surface area contributed by atoms with E-state index in [2.05, 4.69) is 174 Å². The lowest BCUT2D eigenvalue weighted by Crippen LogP contribution is -2.35. The van der Waals surface area contributed by atoms with Crippen molar-refractivity contribution in [2.45, 2.75) is 6.17 Å². The molecule has 1 atom stereocenters. The highest BCUT2D eigenvalue weighted by Crippen LogP contribution is 2.42. The van der Waals surface area contributed by atoms with Gasteiger partial charge in [0.25, 0.3) is 0 Å². The lowest BCUT2D eigenvalue weighted by molar-refractivity contribution is 0.383. The average Bonchev–Trinajstić information content (AvgIpc) is 3.96. The van der Waals surface area contributed by atoms with E-state index in [1.165, 1.54) is 21.8 Å². The lowest BCUT2D eigenvalue weighted by Gasteiger charge is -2.32. The first-order chi connectivity index (χ1) is 28.7. The van der Waals surface area contributed by atoms with Gasteiger partial charge in [0.1, 0.15) is 34.3 Å². The van der Waals surface area contributed by atoms with E-state index in [0.29, 0.717) is 5.84 Å². The van der Waals surface area contributed by atoms with Crippen LogP contribution in [0.1, 0.15) is 22.9 Å². The number of hydrogen-bond donors (Lipinski definition) is 0. The van der Waals surface area contributed by atoms with Gasteiger partial charge in [0.05, 0.1) is 11.0 Å². The number of amidine groups is 2. The molecule has 0 N–H and O–H groups in total. The zero-order chi connectivity index (χ0) is 38.3. The minimum Gasteiger partial charge on any atom is -0.455 e. The molecule has 0 radical (unpaired) electrons. The summed E-state index contributed by atoms with van der Waals surface area (Å²) in [6, 6.07) is 63.5. The molecule has 0 spiro atoms. The summed E-state index contributed by atoms with van der Waals surface area (Å²) in [6.07, 6.45) is -0.232. The molecule has 4 heterocycles. The quantitative estimate of drug-likeness (QED) is 0.176. The standard InChI is InChI=1S/C52H34N4O2/c1-55-51(32-14-4-2-5-15-32)53-50(54-52(55)33-16-6-3-7-17-33)34-26-28-38-39-20-12-21-40(48(39)58-47(38)30-34)41-22-13-23-42-43-31-35(27-29-46(43)57-49(41)42)56-44-24-10-8-18-36(44)37-19-9-11-25-45(37)56/h2-31,51H,1H3. The second kappa shape index (κ2) is 12.7. The molecule has 0 fully saturated rings. The Kier molecular flexibility index (Phi) is 7.10. The third-order valence-electron chi connectivity index (χ3n) is 11.7. The van der Waals surface area contributed by atoms with Crippen LogP contribution in [0.15, 0.2) is 201 Å². The van der Waals surface area contributed by atoms with Crippen LogP contribution in [0.25, 0.3) is 82.5 Å². The van der Waals surface area contributed by atoms with Crippen LogP contribution in [0.3, 0.4) is 0 Å². The number of hydrogen-bond acceptors (Lipinski definition) is 5. The van der Waals surface area contributed by atoms with Crippen LogP contribution >= 0.6 is 0 Å². The van der Waals surface area contributed by atoms with Gasteiger partial charge in [-0.05, 0) is 48.0 Å². The van der Waals surface area contributed by atoms with Gasteiger partial charge in [-0.15, -0.1) is 0 Å². The van der Waals surface area contributed by atoms with Gasteiger partial charge in [-0.25, -0.2) is 9.98 Å². The molecular formula is C52H34N4O2. The predicted octanol–water partition coefficient (Wildman–Crippen LogP) is 13.1. The molecule has 1 unspecified atom stereocenters. The number of para-hydroxylation sites is 4. The molecule has 8 aromatic carbocycles. The molecule has 6 nitrogen and oxygen atoms in total. The summed E-state index contributed by atoms with van der Waals surface area (Å²) in [4.78, 5) is 12.5. The fourth-order valence-corrected chi connectivity index (χ4v) is 8.93. The molecule has 1 aliphatic heterocycles. The normalized spacial score (nSPS) is 14.6. The number of aromatic nitrogens is 1. The molecule has 3 aromatic heterocycles. The summed E-state index contributed by atoms with van der Waals surface area (Å²) in [5.74, 6) is 1.54. The summed E-state index contributed by atoms with van der Waals surface area (Å²) in [5, 5.41) is 6.69. The van der Waals surface area contributed by atoms with Crippen molar-refractivity contribution in [3.63, 3.8) is 0 Å². The van der Waals surface area contributed by atoms with Crippen LogP contribution in [-0.2, 0) is 0 Å². The predicted molar refractivity (Wildman–Crippen MR) is 237 cm³/mol. The SMILES string of the molecule is CN1C(c2ccccc2)=NC(c2ccc3c(c2)oc2c(-c4cccc5c4oc4ccc(-n6c7ccccc7c7ccccc76)cc45)cccc23)=NC1c1ccccc1. The highest BCUT2D eigenvalue weighted by molar-refractivity contribution is 6.18. The van der Waals surface area contributed by atoms with E-state index in [-0.39, 0.29) is 6.17 Å². The number of fused-ring (bicyclic) bond motifs is 9. The monoisotopic (exact) mass is 746 g/mol. The van der Waals surface area contributed by atoms with Gasteiger partial charge < -0.3 is 18.3 Å². The minimum absolute atomic E-state index is 0.232. The summed E-state index contributed by atoms with van der Waals surface area (Å²) >= 11 is 0. The molecule has 0 aliphatic carbocycles. The van der Waals surface area contributed by atoms with Crippen molar-refractivity contribution >= 4 is 77.4 Å².